The number of aromatic nitrogens is 1. The predicted molar refractivity (Wildman–Crippen MR) is 67.7 cm³/mol. The normalized spacial score (nSPS) is 11.2. The van der Waals surface area contributed by atoms with Crippen LogP contribution in [0.25, 0.3) is 0 Å². The molecule has 0 aliphatic rings. The molecule has 0 aliphatic carbocycles. The van der Waals surface area contributed by atoms with Crippen molar-refractivity contribution in [2.45, 2.75) is 0 Å². The Kier molecular flexibility index (Phi) is 5.32. The minimum atomic E-state index is -1.35. The molecule has 0 aliphatic heterocycles. The summed E-state index contributed by atoms with van der Waals surface area (Å²) >= 11 is 12.0. The van der Waals surface area contributed by atoms with Crippen LogP contribution in [0, 0.1) is 0 Å². The number of carbonyl (C=O) groups excluding carboxylic acids is 1. The monoisotopic (exact) mass is 311 g/mol. The molecule has 0 spiro atoms. The van der Waals surface area contributed by atoms with Crippen molar-refractivity contribution in [3.8, 4) is 0 Å². The number of thiazole rings is 1. The molecule has 0 atom stereocenters. The highest BCUT2D eigenvalue weighted by Crippen LogP contribution is 2.28. The van der Waals surface area contributed by atoms with E-state index in [2.05, 4.69) is 20.3 Å². The zero-order chi connectivity index (χ0) is 13.7. The molecule has 0 unspecified atom stereocenters. The van der Waals surface area contributed by atoms with Gasteiger partial charge in [0, 0.05) is 0 Å². The number of halogens is 2. The number of carboxylic acid groups (broad SMARTS) is 1. The van der Waals surface area contributed by atoms with Gasteiger partial charge in [0.25, 0.3) is 0 Å². The number of nitrogens with zero attached hydrogens (tertiary/aromatic N) is 2. The van der Waals surface area contributed by atoms with Crippen molar-refractivity contribution < 1.29 is 19.5 Å². The maximum atomic E-state index is 11.0. The Balaban J connectivity index is 3.07. The number of oxime groups is 1. The third-order valence-corrected chi connectivity index (χ3v) is 2.98. The van der Waals surface area contributed by atoms with Crippen LogP contribution in [-0.4, -0.2) is 40.7 Å². The smallest absolute Gasteiger partial charge is 0.360 e. The van der Waals surface area contributed by atoms with E-state index < -0.39 is 17.6 Å². The highest BCUT2D eigenvalue weighted by Gasteiger charge is 2.22. The minimum absolute atomic E-state index is 0.0677. The van der Waals surface area contributed by atoms with E-state index >= 15 is 0 Å². The lowest BCUT2D eigenvalue weighted by atomic mass is 10.3. The van der Waals surface area contributed by atoms with Crippen LogP contribution >= 0.6 is 34.5 Å². The first kappa shape index (κ1) is 14.7. The number of carboxylic acids is 1. The van der Waals surface area contributed by atoms with Crippen LogP contribution in [0.3, 0.4) is 0 Å². The fourth-order valence-electron chi connectivity index (χ4n) is 0.929. The van der Waals surface area contributed by atoms with Crippen molar-refractivity contribution in [1.29, 1.82) is 0 Å². The van der Waals surface area contributed by atoms with Gasteiger partial charge in [0.15, 0.2) is 5.13 Å². The molecule has 98 valence electrons. The van der Waals surface area contributed by atoms with E-state index in [1.165, 1.54) is 7.11 Å². The van der Waals surface area contributed by atoms with E-state index in [4.69, 9.17) is 28.3 Å². The van der Waals surface area contributed by atoms with E-state index in [-0.39, 0.29) is 21.0 Å². The zero-order valence-corrected chi connectivity index (χ0v) is 11.3. The maximum absolute atomic E-state index is 11.0. The van der Waals surface area contributed by atoms with Gasteiger partial charge in [-0.25, -0.2) is 9.78 Å². The Morgan fingerprint density at radius 3 is 2.78 bits per heavy atom. The van der Waals surface area contributed by atoms with Gasteiger partial charge in [-0.2, -0.15) is 0 Å². The second kappa shape index (κ2) is 6.53. The summed E-state index contributed by atoms with van der Waals surface area (Å²) in [5.74, 6) is -2.07. The molecule has 7 nitrogen and oxygen atoms in total. The third kappa shape index (κ3) is 3.56. The largest absolute Gasteiger partial charge is 0.476 e. The second-order valence-electron chi connectivity index (χ2n) is 2.75. The molecule has 18 heavy (non-hydrogen) atoms. The van der Waals surface area contributed by atoms with Gasteiger partial charge in [0.05, 0.1) is 0 Å². The first-order valence-corrected chi connectivity index (χ1v) is 6.09. The molecular weight excluding hydrogens is 305 g/mol. The van der Waals surface area contributed by atoms with Crippen LogP contribution in [-0.2, 0) is 14.4 Å². The molecule has 0 radical (unpaired) electrons. The lowest BCUT2D eigenvalue weighted by Crippen LogP contribution is -2.16. The number of rotatable bonds is 5. The van der Waals surface area contributed by atoms with E-state index in [9.17, 15) is 9.59 Å². The molecule has 10 heteroatoms. The van der Waals surface area contributed by atoms with E-state index in [1.54, 1.807) is 0 Å². The van der Waals surface area contributed by atoms with Crippen molar-refractivity contribution in [2.24, 2.45) is 5.16 Å². The lowest BCUT2D eigenvalue weighted by Gasteiger charge is -1.97. The summed E-state index contributed by atoms with van der Waals surface area (Å²) in [7, 11) is 1.19. The Morgan fingerprint density at radius 2 is 2.28 bits per heavy atom. The first-order chi connectivity index (χ1) is 8.49. The molecule has 0 saturated carbocycles. The van der Waals surface area contributed by atoms with Gasteiger partial charge in [-0.3, -0.25) is 4.79 Å². The minimum Gasteiger partial charge on any atom is -0.476 e. The summed E-state index contributed by atoms with van der Waals surface area (Å²) in [6.07, 6.45) is 0. The van der Waals surface area contributed by atoms with E-state index in [0.717, 1.165) is 11.3 Å². The van der Waals surface area contributed by atoms with Crippen LogP contribution in [0.1, 0.15) is 5.69 Å². The highest BCUT2D eigenvalue weighted by atomic mass is 35.5. The number of amides is 1. The van der Waals surface area contributed by atoms with Crippen molar-refractivity contribution in [2.75, 3.05) is 18.3 Å². The van der Waals surface area contributed by atoms with Gasteiger partial charge in [-0.05, 0) is 0 Å². The highest BCUT2D eigenvalue weighted by molar-refractivity contribution is 7.20. The van der Waals surface area contributed by atoms with Crippen molar-refractivity contribution >= 4 is 57.3 Å². The average Bonchev–Trinajstić information content (AvgIpc) is 2.66. The summed E-state index contributed by atoms with van der Waals surface area (Å²) in [5.41, 5.74) is -0.536. The second-order valence-corrected chi connectivity index (χ2v) is 4.62. The molecule has 1 heterocycles. The van der Waals surface area contributed by atoms with Crippen LogP contribution in [0.2, 0.25) is 4.34 Å². The predicted octanol–water partition coefficient (Wildman–Crippen LogP) is 1.41. The number of alkyl halides is 1. The summed E-state index contributed by atoms with van der Waals surface area (Å²) in [6.45, 7) is 0. The average molecular weight is 312 g/mol. The quantitative estimate of drug-likeness (QED) is 0.486. The molecule has 0 aromatic carbocycles. The number of aliphatic carboxylic acids is 1. The van der Waals surface area contributed by atoms with Crippen molar-refractivity contribution in [1.82, 2.24) is 4.98 Å². The molecule has 0 bridgehead atoms. The summed E-state index contributed by atoms with van der Waals surface area (Å²) in [4.78, 5) is 30.2. The SMILES string of the molecule is CON=C(C(=O)O)c1nc(NC(=O)CCl)sc1Cl. The van der Waals surface area contributed by atoms with Gasteiger partial charge < -0.3 is 15.3 Å². The fraction of sp³-hybridized carbons (Fsp3) is 0.250. The number of hydrogen-bond donors (Lipinski definition) is 2. The van der Waals surface area contributed by atoms with Crippen LogP contribution in [0.4, 0.5) is 5.13 Å². The van der Waals surface area contributed by atoms with Crippen LogP contribution < -0.4 is 5.32 Å². The molecule has 1 aromatic rings. The zero-order valence-electron chi connectivity index (χ0n) is 8.94. The van der Waals surface area contributed by atoms with E-state index in [1.807, 2.05) is 0 Å². The maximum Gasteiger partial charge on any atom is 0.360 e. The fourth-order valence-corrected chi connectivity index (χ4v) is 2.06. The first-order valence-electron chi connectivity index (χ1n) is 4.36. The lowest BCUT2D eigenvalue weighted by molar-refractivity contribution is -0.129. The van der Waals surface area contributed by atoms with Gasteiger partial charge in [-0.15, -0.1) is 11.6 Å². The molecule has 0 saturated heterocycles. The Hall–Kier alpha value is -1.38. The third-order valence-electron chi connectivity index (χ3n) is 1.56. The number of nitrogens with one attached hydrogen (secondary N) is 1. The summed E-state index contributed by atoms with van der Waals surface area (Å²) < 4.78 is 0.0677. The number of carbonyl (C=O) groups is 2. The van der Waals surface area contributed by atoms with Gasteiger partial charge in [-0.1, -0.05) is 28.1 Å². The van der Waals surface area contributed by atoms with Gasteiger partial charge in [0.1, 0.15) is 23.0 Å². The van der Waals surface area contributed by atoms with E-state index in [0.29, 0.717) is 0 Å². The topological polar surface area (TPSA) is 101 Å². The van der Waals surface area contributed by atoms with Crippen molar-refractivity contribution in [3.63, 3.8) is 0 Å². The Morgan fingerprint density at radius 1 is 1.61 bits per heavy atom. The van der Waals surface area contributed by atoms with Crippen LogP contribution in [0.15, 0.2) is 5.16 Å². The van der Waals surface area contributed by atoms with Crippen molar-refractivity contribution in [3.05, 3.63) is 10.0 Å². The Bertz CT molecular complexity index is 503. The van der Waals surface area contributed by atoms with Gasteiger partial charge in [0.2, 0.25) is 11.6 Å². The molecule has 1 aromatic heterocycles. The molecule has 1 rings (SSSR count). The molecule has 2 N–H and O–H groups in total. The Labute approximate surface area is 115 Å². The standard InChI is InChI=1S/C8H7Cl2N3O4S/c1-17-13-5(7(15)16)4-6(10)18-8(12-4)11-3(14)2-9/h2H2,1H3,(H,15,16)(H,11,12,14). The number of anilines is 1. The van der Waals surface area contributed by atoms with Crippen LogP contribution in [0.5, 0.6) is 0 Å². The number of hydrogen-bond acceptors (Lipinski definition) is 6. The summed E-state index contributed by atoms with van der Waals surface area (Å²) in [6, 6.07) is 0. The molecular formula is C8H7Cl2N3O4S. The molecule has 1 amide bonds. The van der Waals surface area contributed by atoms with Gasteiger partial charge >= 0.3 is 5.97 Å². The summed E-state index contributed by atoms with van der Waals surface area (Å²) in [5, 5.41) is 14.7. The molecule has 0 fully saturated rings.